The zero-order valence-corrected chi connectivity index (χ0v) is 11.7. The molecule has 1 aromatic carbocycles. The summed E-state index contributed by atoms with van der Waals surface area (Å²) in [6.45, 7) is 2.49. The van der Waals surface area contributed by atoms with Gasteiger partial charge in [0, 0.05) is 24.2 Å². The standard InChI is InChI=1S/C16H18N2O2/c1-10-6-7-14(19-2)15(18-10)13-5-3-4-11-8-12(9-17)20-16(11)13/h3-7,12H,8-9,17H2,1-2H3. The van der Waals surface area contributed by atoms with Crippen LogP contribution >= 0.6 is 0 Å². The second kappa shape index (κ2) is 5.13. The molecule has 0 saturated heterocycles. The van der Waals surface area contributed by atoms with Crippen LogP contribution in [0, 0.1) is 6.92 Å². The first kappa shape index (κ1) is 12.9. The summed E-state index contributed by atoms with van der Waals surface area (Å²) in [5.41, 5.74) is 9.64. The van der Waals surface area contributed by atoms with Crippen LogP contribution in [-0.2, 0) is 6.42 Å². The summed E-state index contributed by atoms with van der Waals surface area (Å²) in [4.78, 5) is 4.61. The largest absolute Gasteiger partial charge is 0.494 e. The molecule has 1 unspecified atom stereocenters. The first-order chi connectivity index (χ1) is 9.72. The van der Waals surface area contributed by atoms with Crippen molar-refractivity contribution in [2.45, 2.75) is 19.4 Å². The van der Waals surface area contributed by atoms with E-state index in [-0.39, 0.29) is 6.10 Å². The van der Waals surface area contributed by atoms with Crippen LogP contribution < -0.4 is 15.2 Å². The number of nitrogens with zero attached hydrogens (tertiary/aromatic N) is 1. The maximum absolute atomic E-state index is 5.96. The summed E-state index contributed by atoms with van der Waals surface area (Å²) in [5.74, 6) is 1.64. The van der Waals surface area contributed by atoms with Crippen molar-refractivity contribution in [3.63, 3.8) is 0 Å². The van der Waals surface area contributed by atoms with Crippen molar-refractivity contribution < 1.29 is 9.47 Å². The zero-order valence-electron chi connectivity index (χ0n) is 11.7. The minimum absolute atomic E-state index is 0.0574. The monoisotopic (exact) mass is 270 g/mol. The molecule has 3 rings (SSSR count). The number of para-hydroxylation sites is 1. The topological polar surface area (TPSA) is 57.4 Å². The van der Waals surface area contributed by atoms with E-state index in [4.69, 9.17) is 15.2 Å². The molecule has 0 bridgehead atoms. The van der Waals surface area contributed by atoms with Crippen LogP contribution in [0.4, 0.5) is 0 Å². The summed E-state index contributed by atoms with van der Waals surface area (Å²) >= 11 is 0. The molecular formula is C16H18N2O2. The fraction of sp³-hybridized carbons (Fsp3) is 0.312. The van der Waals surface area contributed by atoms with Crippen LogP contribution in [0.2, 0.25) is 0 Å². The summed E-state index contributed by atoms with van der Waals surface area (Å²) in [7, 11) is 1.66. The fourth-order valence-corrected chi connectivity index (χ4v) is 2.56. The Morgan fingerprint density at radius 2 is 2.20 bits per heavy atom. The summed E-state index contributed by atoms with van der Waals surface area (Å²) in [6, 6.07) is 10.0. The number of benzene rings is 1. The smallest absolute Gasteiger partial charge is 0.145 e. The Kier molecular flexibility index (Phi) is 3.32. The average molecular weight is 270 g/mol. The third kappa shape index (κ3) is 2.12. The van der Waals surface area contributed by atoms with Crippen molar-refractivity contribution in [1.82, 2.24) is 4.98 Å². The number of aromatic nitrogens is 1. The highest BCUT2D eigenvalue weighted by molar-refractivity contribution is 5.74. The van der Waals surface area contributed by atoms with Crippen LogP contribution in [0.5, 0.6) is 11.5 Å². The molecule has 0 amide bonds. The molecule has 20 heavy (non-hydrogen) atoms. The second-order valence-corrected chi connectivity index (χ2v) is 4.98. The van der Waals surface area contributed by atoms with Gasteiger partial charge in [0.1, 0.15) is 23.3 Å². The molecule has 2 heterocycles. The molecule has 1 aliphatic rings. The maximum Gasteiger partial charge on any atom is 0.145 e. The highest BCUT2D eigenvalue weighted by Gasteiger charge is 2.26. The SMILES string of the molecule is COc1ccc(C)nc1-c1cccc2c1OC(CN)C2. The lowest BCUT2D eigenvalue weighted by atomic mass is 10.0. The summed E-state index contributed by atoms with van der Waals surface area (Å²) in [6.07, 6.45) is 0.912. The van der Waals surface area contributed by atoms with E-state index in [0.29, 0.717) is 6.54 Å². The van der Waals surface area contributed by atoms with Gasteiger partial charge in [-0.25, -0.2) is 4.98 Å². The molecule has 2 N–H and O–H groups in total. The van der Waals surface area contributed by atoms with Gasteiger partial charge in [-0.3, -0.25) is 0 Å². The van der Waals surface area contributed by atoms with Crippen LogP contribution in [-0.4, -0.2) is 24.7 Å². The molecule has 4 nitrogen and oxygen atoms in total. The van der Waals surface area contributed by atoms with E-state index in [1.807, 2.05) is 31.2 Å². The number of fused-ring (bicyclic) bond motifs is 1. The minimum Gasteiger partial charge on any atom is -0.494 e. The lowest BCUT2D eigenvalue weighted by Crippen LogP contribution is -2.24. The van der Waals surface area contributed by atoms with Crippen LogP contribution in [0.3, 0.4) is 0 Å². The van der Waals surface area contributed by atoms with E-state index in [1.54, 1.807) is 7.11 Å². The molecule has 1 atom stereocenters. The number of ether oxygens (including phenoxy) is 2. The zero-order chi connectivity index (χ0) is 14.1. The molecule has 0 fully saturated rings. The molecule has 0 saturated carbocycles. The van der Waals surface area contributed by atoms with E-state index in [1.165, 1.54) is 5.56 Å². The number of hydrogen-bond donors (Lipinski definition) is 1. The average Bonchev–Trinajstić information content (AvgIpc) is 2.90. The predicted octanol–water partition coefficient (Wildman–Crippen LogP) is 2.33. The number of nitrogens with two attached hydrogens (primary N) is 1. The highest BCUT2D eigenvalue weighted by Crippen LogP contribution is 2.41. The van der Waals surface area contributed by atoms with Gasteiger partial charge in [-0.15, -0.1) is 0 Å². The quantitative estimate of drug-likeness (QED) is 0.930. The van der Waals surface area contributed by atoms with Gasteiger partial charge in [-0.1, -0.05) is 12.1 Å². The van der Waals surface area contributed by atoms with Gasteiger partial charge in [-0.05, 0) is 30.7 Å². The summed E-state index contributed by atoms with van der Waals surface area (Å²) < 4.78 is 11.4. The molecule has 2 aromatic rings. The van der Waals surface area contributed by atoms with E-state index >= 15 is 0 Å². The highest BCUT2D eigenvalue weighted by atomic mass is 16.5. The number of pyridine rings is 1. The maximum atomic E-state index is 5.96. The Bertz CT molecular complexity index is 640. The van der Waals surface area contributed by atoms with E-state index in [9.17, 15) is 0 Å². The first-order valence-corrected chi connectivity index (χ1v) is 6.73. The van der Waals surface area contributed by atoms with Crippen LogP contribution in [0.15, 0.2) is 30.3 Å². The van der Waals surface area contributed by atoms with Gasteiger partial charge in [-0.2, -0.15) is 0 Å². The van der Waals surface area contributed by atoms with Crippen LogP contribution in [0.25, 0.3) is 11.3 Å². The number of methoxy groups -OCH3 is 1. The van der Waals surface area contributed by atoms with Crippen LogP contribution in [0.1, 0.15) is 11.3 Å². The Morgan fingerprint density at radius 1 is 1.35 bits per heavy atom. The Labute approximate surface area is 118 Å². The van der Waals surface area contributed by atoms with Gasteiger partial charge in [0.2, 0.25) is 0 Å². The van der Waals surface area contributed by atoms with E-state index < -0.39 is 0 Å². The molecule has 0 spiro atoms. The van der Waals surface area contributed by atoms with Gasteiger partial charge < -0.3 is 15.2 Å². The van der Waals surface area contributed by atoms with Gasteiger partial charge in [0.05, 0.1) is 7.11 Å². The van der Waals surface area contributed by atoms with Gasteiger partial charge in [0.25, 0.3) is 0 Å². The third-order valence-corrected chi connectivity index (χ3v) is 3.56. The normalized spacial score (nSPS) is 16.6. The number of aryl methyl sites for hydroxylation is 1. The predicted molar refractivity (Wildman–Crippen MR) is 78.1 cm³/mol. The Balaban J connectivity index is 2.13. The molecule has 1 aromatic heterocycles. The van der Waals surface area contributed by atoms with Gasteiger partial charge in [0.15, 0.2) is 0 Å². The molecule has 4 heteroatoms. The lowest BCUT2D eigenvalue weighted by molar-refractivity contribution is 0.242. The number of hydrogen-bond acceptors (Lipinski definition) is 4. The van der Waals surface area contributed by atoms with Crippen molar-refractivity contribution in [3.8, 4) is 22.8 Å². The van der Waals surface area contributed by atoms with Crippen molar-refractivity contribution in [2.75, 3.05) is 13.7 Å². The Hall–Kier alpha value is -2.07. The third-order valence-electron chi connectivity index (χ3n) is 3.56. The molecule has 104 valence electrons. The van der Waals surface area contributed by atoms with Crippen molar-refractivity contribution >= 4 is 0 Å². The molecular weight excluding hydrogens is 252 g/mol. The first-order valence-electron chi connectivity index (χ1n) is 6.73. The van der Waals surface area contributed by atoms with Crippen molar-refractivity contribution in [1.29, 1.82) is 0 Å². The van der Waals surface area contributed by atoms with E-state index in [0.717, 1.165) is 34.9 Å². The van der Waals surface area contributed by atoms with Gasteiger partial charge >= 0.3 is 0 Å². The fourth-order valence-electron chi connectivity index (χ4n) is 2.56. The van der Waals surface area contributed by atoms with Crippen molar-refractivity contribution in [3.05, 3.63) is 41.6 Å². The molecule has 1 aliphatic heterocycles. The molecule has 0 aliphatic carbocycles. The van der Waals surface area contributed by atoms with E-state index in [2.05, 4.69) is 11.1 Å². The Morgan fingerprint density at radius 3 is 2.95 bits per heavy atom. The molecule has 0 radical (unpaired) electrons. The summed E-state index contributed by atoms with van der Waals surface area (Å²) in [5, 5.41) is 0. The lowest BCUT2D eigenvalue weighted by Gasteiger charge is -2.13. The van der Waals surface area contributed by atoms with Crippen molar-refractivity contribution in [2.24, 2.45) is 5.73 Å². The minimum atomic E-state index is 0.0574. The number of rotatable bonds is 3. The second-order valence-electron chi connectivity index (χ2n) is 4.98.